The zero-order valence-electron chi connectivity index (χ0n) is 8.93. The van der Waals surface area contributed by atoms with Crippen LogP contribution in [-0.2, 0) is 0 Å². The van der Waals surface area contributed by atoms with Crippen LogP contribution in [0.25, 0.3) is 0 Å². The molecule has 1 aromatic rings. The van der Waals surface area contributed by atoms with Gasteiger partial charge in [-0.1, -0.05) is 41.4 Å². The number of nitrogens with two attached hydrogens (primary N) is 1. The van der Waals surface area contributed by atoms with Crippen molar-refractivity contribution in [3.63, 3.8) is 0 Å². The third kappa shape index (κ3) is 1.95. The van der Waals surface area contributed by atoms with Gasteiger partial charge in [0.25, 0.3) is 0 Å². The van der Waals surface area contributed by atoms with Crippen molar-refractivity contribution >= 4 is 27.5 Å². The second-order valence-electron chi connectivity index (χ2n) is 4.84. The zero-order chi connectivity index (χ0) is 11.2. The van der Waals surface area contributed by atoms with Crippen LogP contribution in [0.4, 0.5) is 0 Å². The average molecular weight is 289 g/mol. The van der Waals surface area contributed by atoms with E-state index in [0.29, 0.717) is 17.3 Å². The number of hydrogen-bond donors (Lipinski definition) is 1. The Labute approximate surface area is 104 Å². The Hall–Kier alpha value is -0.0500. The van der Waals surface area contributed by atoms with Gasteiger partial charge in [-0.15, -0.1) is 0 Å². The van der Waals surface area contributed by atoms with Gasteiger partial charge in [-0.2, -0.15) is 0 Å². The molecular weight excluding hydrogens is 273 g/mol. The fourth-order valence-corrected chi connectivity index (χ4v) is 3.49. The first-order valence-corrected chi connectivity index (χ1v) is 6.30. The molecule has 1 saturated carbocycles. The second kappa shape index (κ2) is 3.76. The van der Waals surface area contributed by atoms with Crippen LogP contribution in [0, 0.1) is 11.3 Å². The zero-order valence-corrected chi connectivity index (χ0v) is 11.3. The molecule has 3 heteroatoms. The molecule has 0 radical (unpaired) electrons. The molecule has 1 nitrogen and oxygen atoms in total. The standard InChI is InChI=1S/C12H15BrClN/c1-12(2)10(6-15)11(12)7-3-8(13)5-9(14)4-7/h3-5,10-11H,6,15H2,1-2H3. The maximum Gasteiger partial charge on any atom is 0.0420 e. The lowest BCUT2D eigenvalue weighted by Crippen LogP contribution is -2.05. The molecule has 0 heterocycles. The van der Waals surface area contributed by atoms with Gasteiger partial charge in [0, 0.05) is 9.50 Å². The summed E-state index contributed by atoms with van der Waals surface area (Å²) in [4.78, 5) is 0. The van der Waals surface area contributed by atoms with E-state index in [1.165, 1.54) is 5.56 Å². The first-order valence-electron chi connectivity index (χ1n) is 5.13. The van der Waals surface area contributed by atoms with Crippen molar-refractivity contribution in [2.45, 2.75) is 19.8 Å². The van der Waals surface area contributed by atoms with Gasteiger partial charge in [-0.3, -0.25) is 0 Å². The molecule has 0 aromatic heterocycles. The van der Waals surface area contributed by atoms with Gasteiger partial charge in [0.1, 0.15) is 0 Å². The first-order chi connectivity index (χ1) is 6.96. The minimum atomic E-state index is 0.318. The number of hydrogen-bond acceptors (Lipinski definition) is 1. The fourth-order valence-electron chi connectivity index (χ4n) is 2.60. The Morgan fingerprint density at radius 1 is 1.40 bits per heavy atom. The summed E-state index contributed by atoms with van der Waals surface area (Å²) in [5.41, 5.74) is 7.39. The summed E-state index contributed by atoms with van der Waals surface area (Å²) < 4.78 is 1.04. The van der Waals surface area contributed by atoms with Crippen molar-refractivity contribution in [1.29, 1.82) is 0 Å². The maximum atomic E-state index is 6.04. The third-order valence-corrected chi connectivity index (χ3v) is 4.22. The first kappa shape index (κ1) is 11.4. The number of halogens is 2. The van der Waals surface area contributed by atoms with Crippen LogP contribution >= 0.6 is 27.5 Å². The highest BCUT2D eigenvalue weighted by Gasteiger charge is 2.57. The molecule has 1 fully saturated rings. The summed E-state index contributed by atoms with van der Waals surface area (Å²) in [7, 11) is 0. The van der Waals surface area contributed by atoms with Crippen LogP contribution in [0.2, 0.25) is 5.02 Å². The Bertz CT molecular complexity index is 369. The van der Waals surface area contributed by atoms with Gasteiger partial charge in [0.05, 0.1) is 0 Å². The normalized spacial score (nSPS) is 27.8. The van der Waals surface area contributed by atoms with E-state index in [1.807, 2.05) is 12.1 Å². The fraction of sp³-hybridized carbons (Fsp3) is 0.500. The predicted molar refractivity (Wildman–Crippen MR) is 68.2 cm³/mol. The highest BCUT2D eigenvalue weighted by atomic mass is 79.9. The largest absolute Gasteiger partial charge is 0.330 e. The third-order valence-electron chi connectivity index (χ3n) is 3.55. The van der Waals surface area contributed by atoms with E-state index in [9.17, 15) is 0 Å². The summed E-state index contributed by atoms with van der Waals surface area (Å²) in [6, 6.07) is 6.11. The van der Waals surface area contributed by atoms with Crippen molar-refractivity contribution in [2.75, 3.05) is 6.54 Å². The molecule has 1 aromatic carbocycles. The summed E-state index contributed by atoms with van der Waals surface area (Å²) >= 11 is 9.52. The van der Waals surface area contributed by atoms with E-state index in [1.54, 1.807) is 0 Å². The Kier molecular flexibility index (Phi) is 2.87. The van der Waals surface area contributed by atoms with E-state index in [-0.39, 0.29) is 0 Å². The highest BCUT2D eigenvalue weighted by molar-refractivity contribution is 9.10. The molecule has 2 unspecified atom stereocenters. The second-order valence-corrected chi connectivity index (χ2v) is 6.20. The average Bonchev–Trinajstić information content (AvgIpc) is 2.66. The molecule has 0 amide bonds. The molecule has 1 aliphatic carbocycles. The van der Waals surface area contributed by atoms with Gasteiger partial charge in [0.15, 0.2) is 0 Å². The van der Waals surface area contributed by atoms with Crippen LogP contribution in [0.5, 0.6) is 0 Å². The molecule has 0 spiro atoms. The Morgan fingerprint density at radius 2 is 2.07 bits per heavy atom. The Morgan fingerprint density at radius 3 is 2.53 bits per heavy atom. The lowest BCUT2D eigenvalue weighted by molar-refractivity contribution is 0.558. The van der Waals surface area contributed by atoms with E-state index in [4.69, 9.17) is 17.3 Å². The van der Waals surface area contributed by atoms with Crippen LogP contribution in [-0.4, -0.2) is 6.54 Å². The van der Waals surface area contributed by atoms with Crippen LogP contribution in [0.1, 0.15) is 25.3 Å². The quantitative estimate of drug-likeness (QED) is 0.880. The highest BCUT2D eigenvalue weighted by Crippen LogP contribution is 2.64. The van der Waals surface area contributed by atoms with Gasteiger partial charge in [-0.05, 0) is 47.6 Å². The number of rotatable bonds is 2. The van der Waals surface area contributed by atoms with E-state index in [2.05, 4.69) is 35.8 Å². The number of benzene rings is 1. The molecule has 2 rings (SSSR count). The summed E-state index contributed by atoms with van der Waals surface area (Å²) in [5, 5.41) is 0.790. The summed E-state index contributed by atoms with van der Waals surface area (Å²) in [5.74, 6) is 1.14. The predicted octanol–water partition coefficient (Wildman–Crippen LogP) is 3.80. The van der Waals surface area contributed by atoms with Crippen molar-refractivity contribution in [2.24, 2.45) is 17.1 Å². The minimum Gasteiger partial charge on any atom is -0.330 e. The van der Waals surface area contributed by atoms with E-state index >= 15 is 0 Å². The van der Waals surface area contributed by atoms with Gasteiger partial charge >= 0.3 is 0 Å². The molecule has 0 aliphatic heterocycles. The summed E-state index contributed by atoms with van der Waals surface area (Å²) in [6.07, 6.45) is 0. The lowest BCUT2D eigenvalue weighted by Gasteiger charge is -2.04. The molecule has 0 bridgehead atoms. The molecule has 82 valence electrons. The molecule has 2 atom stereocenters. The molecule has 15 heavy (non-hydrogen) atoms. The van der Waals surface area contributed by atoms with Gasteiger partial charge in [0.2, 0.25) is 0 Å². The molecular formula is C12H15BrClN. The molecule has 2 N–H and O–H groups in total. The van der Waals surface area contributed by atoms with Crippen molar-refractivity contribution < 1.29 is 0 Å². The SMILES string of the molecule is CC1(C)C(CN)C1c1cc(Cl)cc(Br)c1. The lowest BCUT2D eigenvalue weighted by atomic mass is 10.0. The van der Waals surface area contributed by atoms with Gasteiger partial charge in [-0.25, -0.2) is 0 Å². The monoisotopic (exact) mass is 287 g/mol. The van der Waals surface area contributed by atoms with E-state index < -0.39 is 0 Å². The molecule has 1 aliphatic rings. The van der Waals surface area contributed by atoms with Crippen LogP contribution in [0.15, 0.2) is 22.7 Å². The Balaban J connectivity index is 2.32. The van der Waals surface area contributed by atoms with Crippen LogP contribution < -0.4 is 5.73 Å². The maximum absolute atomic E-state index is 6.04. The smallest absolute Gasteiger partial charge is 0.0420 e. The van der Waals surface area contributed by atoms with Crippen molar-refractivity contribution in [3.8, 4) is 0 Å². The topological polar surface area (TPSA) is 26.0 Å². The minimum absolute atomic E-state index is 0.318. The van der Waals surface area contributed by atoms with Crippen LogP contribution in [0.3, 0.4) is 0 Å². The van der Waals surface area contributed by atoms with Crippen molar-refractivity contribution in [3.05, 3.63) is 33.3 Å². The van der Waals surface area contributed by atoms with Crippen molar-refractivity contribution in [1.82, 2.24) is 0 Å². The van der Waals surface area contributed by atoms with Gasteiger partial charge < -0.3 is 5.73 Å². The molecule has 0 saturated heterocycles. The van der Waals surface area contributed by atoms with E-state index in [0.717, 1.165) is 16.0 Å². The summed E-state index contributed by atoms with van der Waals surface area (Å²) in [6.45, 7) is 5.29.